The number of anilines is 2. The molecule has 2 N–H and O–H groups in total. The number of pyridine rings is 1. The molecule has 6 heteroatoms. The number of aliphatic hydroxyl groups is 1. The Balaban J connectivity index is 1.65. The molecule has 0 aliphatic carbocycles. The lowest BCUT2D eigenvalue weighted by Gasteiger charge is -2.04. The van der Waals surface area contributed by atoms with E-state index in [1.54, 1.807) is 4.52 Å². The van der Waals surface area contributed by atoms with Crippen LogP contribution in [0.25, 0.3) is 16.8 Å². The molecule has 0 spiro atoms. The average molecular weight is 351 g/mol. The number of aliphatic hydroxyl groups excluding tert-OH is 1. The van der Waals surface area contributed by atoms with E-state index in [0.29, 0.717) is 11.0 Å². The summed E-state index contributed by atoms with van der Waals surface area (Å²) in [5, 5.41) is 17.4. The molecule has 5 nitrogen and oxygen atoms in total. The number of hydrogen-bond acceptors (Lipinski definition) is 4. The molecule has 0 aliphatic heterocycles. The number of nitrogens with one attached hydrogen (secondary N) is 1. The molecule has 0 atom stereocenters. The molecule has 0 unspecified atom stereocenters. The minimum Gasteiger partial charge on any atom is -0.392 e. The molecule has 124 valence electrons. The van der Waals surface area contributed by atoms with Gasteiger partial charge in [0.1, 0.15) is 0 Å². The molecular weight excluding hydrogens is 336 g/mol. The summed E-state index contributed by atoms with van der Waals surface area (Å²) in [5.41, 5.74) is 4.39. The van der Waals surface area contributed by atoms with Crippen LogP contribution in [-0.4, -0.2) is 19.7 Å². The van der Waals surface area contributed by atoms with Gasteiger partial charge in [-0.15, -0.1) is 5.10 Å². The first-order valence-electron chi connectivity index (χ1n) is 7.81. The number of halogens is 1. The third-order valence-electron chi connectivity index (χ3n) is 3.91. The summed E-state index contributed by atoms with van der Waals surface area (Å²) in [6, 6.07) is 19.1. The topological polar surface area (TPSA) is 62.5 Å². The number of aromatic nitrogens is 3. The van der Waals surface area contributed by atoms with Crippen molar-refractivity contribution in [2.45, 2.75) is 6.61 Å². The lowest BCUT2D eigenvalue weighted by atomic mass is 10.1. The smallest absolute Gasteiger partial charge is 0.247 e. The fraction of sp³-hybridized carbons (Fsp3) is 0.0526. The molecule has 25 heavy (non-hydrogen) atoms. The van der Waals surface area contributed by atoms with Crippen molar-refractivity contribution in [1.29, 1.82) is 0 Å². The second-order valence-corrected chi connectivity index (χ2v) is 6.02. The predicted molar refractivity (Wildman–Crippen MR) is 99.1 cm³/mol. The first-order chi connectivity index (χ1) is 12.2. The van der Waals surface area contributed by atoms with E-state index < -0.39 is 0 Å². The van der Waals surface area contributed by atoms with E-state index in [1.807, 2.05) is 66.9 Å². The normalized spacial score (nSPS) is 11.0. The quantitative estimate of drug-likeness (QED) is 0.576. The third kappa shape index (κ3) is 3.20. The number of rotatable bonds is 4. The fourth-order valence-electron chi connectivity index (χ4n) is 2.61. The van der Waals surface area contributed by atoms with E-state index >= 15 is 0 Å². The minimum atomic E-state index is 0.0255. The Morgan fingerprint density at radius 2 is 1.80 bits per heavy atom. The molecule has 0 bridgehead atoms. The molecule has 0 aliphatic rings. The number of nitrogens with zero attached hydrogens (tertiary/aromatic N) is 3. The molecule has 0 fully saturated rings. The van der Waals surface area contributed by atoms with Gasteiger partial charge in [-0.25, -0.2) is 4.52 Å². The molecule has 0 saturated heterocycles. The molecular formula is C19H15ClN4O. The Labute approximate surface area is 149 Å². The van der Waals surface area contributed by atoms with Crippen molar-refractivity contribution >= 4 is 28.9 Å². The summed E-state index contributed by atoms with van der Waals surface area (Å²) in [5.74, 6) is 0.507. The van der Waals surface area contributed by atoms with Crippen molar-refractivity contribution < 1.29 is 5.11 Å². The number of fused-ring (bicyclic) bond motifs is 1. The lowest BCUT2D eigenvalue weighted by molar-refractivity contribution is 0.282. The molecule has 4 rings (SSSR count). The van der Waals surface area contributed by atoms with Crippen molar-refractivity contribution in [3.63, 3.8) is 0 Å². The highest BCUT2D eigenvalue weighted by atomic mass is 35.5. The van der Waals surface area contributed by atoms with E-state index in [0.717, 1.165) is 28.0 Å². The lowest BCUT2D eigenvalue weighted by Crippen LogP contribution is -1.94. The van der Waals surface area contributed by atoms with Crippen LogP contribution in [0.15, 0.2) is 66.9 Å². The van der Waals surface area contributed by atoms with Crippen LogP contribution in [0.4, 0.5) is 11.6 Å². The third-order valence-corrected chi connectivity index (χ3v) is 4.24. The summed E-state index contributed by atoms with van der Waals surface area (Å²) in [6.45, 7) is 0.0255. The molecule has 2 aromatic carbocycles. The summed E-state index contributed by atoms with van der Waals surface area (Å²) in [7, 11) is 0. The number of hydrogen-bond donors (Lipinski definition) is 2. The van der Waals surface area contributed by atoms with Crippen LogP contribution in [0, 0.1) is 0 Å². The molecule has 0 amide bonds. The Morgan fingerprint density at radius 1 is 1.00 bits per heavy atom. The maximum absolute atomic E-state index is 9.10. The van der Waals surface area contributed by atoms with Crippen LogP contribution in [0.1, 0.15) is 5.56 Å². The zero-order valence-corrected chi connectivity index (χ0v) is 14.0. The monoisotopic (exact) mass is 350 g/mol. The highest BCUT2D eigenvalue weighted by molar-refractivity contribution is 6.33. The predicted octanol–water partition coefficient (Wildman–Crippen LogP) is 4.29. The van der Waals surface area contributed by atoms with E-state index in [2.05, 4.69) is 15.4 Å². The first-order valence-corrected chi connectivity index (χ1v) is 8.19. The van der Waals surface area contributed by atoms with Crippen LogP contribution in [0.3, 0.4) is 0 Å². The maximum atomic E-state index is 9.10. The van der Waals surface area contributed by atoms with E-state index in [-0.39, 0.29) is 6.61 Å². The van der Waals surface area contributed by atoms with Gasteiger partial charge in [0.15, 0.2) is 5.65 Å². The van der Waals surface area contributed by atoms with Gasteiger partial charge in [0, 0.05) is 28.0 Å². The van der Waals surface area contributed by atoms with Gasteiger partial charge in [-0.2, -0.15) is 4.98 Å². The van der Waals surface area contributed by atoms with Crippen molar-refractivity contribution in [1.82, 2.24) is 14.6 Å². The minimum absolute atomic E-state index is 0.0255. The van der Waals surface area contributed by atoms with E-state index in [1.165, 1.54) is 0 Å². The Morgan fingerprint density at radius 3 is 2.56 bits per heavy atom. The largest absolute Gasteiger partial charge is 0.392 e. The van der Waals surface area contributed by atoms with Gasteiger partial charge in [0.05, 0.1) is 6.61 Å². The SMILES string of the molecule is OCc1ccc(Nc2nc3ccc(-c4ccccc4Cl)cn3n2)cc1. The zero-order valence-electron chi connectivity index (χ0n) is 13.2. The van der Waals surface area contributed by atoms with Gasteiger partial charge in [-0.3, -0.25) is 0 Å². The molecule has 0 saturated carbocycles. The first kappa shape index (κ1) is 15.6. The molecule has 2 heterocycles. The molecule has 4 aromatic rings. The van der Waals surface area contributed by atoms with Gasteiger partial charge in [-0.1, -0.05) is 41.9 Å². The van der Waals surface area contributed by atoms with Crippen LogP contribution in [0.2, 0.25) is 5.02 Å². The van der Waals surface area contributed by atoms with Gasteiger partial charge < -0.3 is 10.4 Å². The van der Waals surface area contributed by atoms with Crippen molar-refractivity contribution in [2.75, 3.05) is 5.32 Å². The highest BCUT2D eigenvalue weighted by Crippen LogP contribution is 2.27. The summed E-state index contributed by atoms with van der Waals surface area (Å²) < 4.78 is 1.73. The zero-order chi connectivity index (χ0) is 17.2. The standard InChI is InChI=1S/C19H15ClN4O/c20-17-4-2-1-3-16(17)14-7-10-18-22-19(23-24(18)11-14)21-15-8-5-13(12-25)6-9-15/h1-11,25H,12H2,(H,21,23). The van der Waals surface area contributed by atoms with Crippen molar-refractivity contribution in [3.8, 4) is 11.1 Å². The van der Waals surface area contributed by atoms with Crippen LogP contribution in [-0.2, 0) is 6.61 Å². The van der Waals surface area contributed by atoms with Crippen LogP contribution >= 0.6 is 11.6 Å². The molecule has 0 radical (unpaired) electrons. The summed E-state index contributed by atoms with van der Waals surface area (Å²) in [4.78, 5) is 4.47. The molecule has 2 aromatic heterocycles. The van der Waals surface area contributed by atoms with E-state index in [4.69, 9.17) is 16.7 Å². The second kappa shape index (κ2) is 6.55. The maximum Gasteiger partial charge on any atom is 0.247 e. The number of benzene rings is 2. The Bertz CT molecular complexity index is 1030. The van der Waals surface area contributed by atoms with Crippen LogP contribution in [0.5, 0.6) is 0 Å². The highest BCUT2D eigenvalue weighted by Gasteiger charge is 2.07. The van der Waals surface area contributed by atoms with Gasteiger partial charge in [0.25, 0.3) is 0 Å². The van der Waals surface area contributed by atoms with Gasteiger partial charge >= 0.3 is 0 Å². The van der Waals surface area contributed by atoms with Crippen molar-refractivity contribution in [3.05, 3.63) is 77.4 Å². The van der Waals surface area contributed by atoms with Gasteiger partial charge in [-0.05, 0) is 35.9 Å². The Kier molecular flexibility index (Phi) is 4.09. The summed E-state index contributed by atoms with van der Waals surface area (Å²) >= 11 is 6.27. The second-order valence-electron chi connectivity index (χ2n) is 5.62. The van der Waals surface area contributed by atoms with Gasteiger partial charge in [0.2, 0.25) is 5.95 Å². The van der Waals surface area contributed by atoms with Crippen molar-refractivity contribution in [2.24, 2.45) is 0 Å². The summed E-state index contributed by atoms with van der Waals surface area (Å²) in [6.07, 6.45) is 1.91. The van der Waals surface area contributed by atoms with Crippen LogP contribution < -0.4 is 5.32 Å². The Hall–Kier alpha value is -2.89. The van der Waals surface area contributed by atoms with E-state index in [9.17, 15) is 0 Å². The fourth-order valence-corrected chi connectivity index (χ4v) is 2.86. The average Bonchev–Trinajstić information content (AvgIpc) is 3.04.